The Morgan fingerprint density at radius 3 is 2.61 bits per heavy atom. The number of primary amides is 1. The molecule has 4 heterocycles. The van der Waals surface area contributed by atoms with E-state index in [1.807, 2.05) is 54.7 Å². The van der Waals surface area contributed by atoms with Gasteiger partial charge >= 0.3 is 6.09 Å². The molecule has 1 fully saturated rings. The number of hydrogen-bond donors (Lipinski definition) is 3. The van der Waals surface area contributed by atoms with Gasteiger partial charge in [-0.25, -0.2) is 9.31 Å². The Labute approximate surface area is 220 Å². The Balaban J connectivity index is 1.39. The van der Waals surface area contributed by atoms with E-state index in [-0.39, 0.29) is 24.7 Å². The van der Waals surface area contributed by atoms with E-state index in [0.29, 0.717) is 36.4 Å². The predicted octanol–water partition coefficient (Wildman–Crippen LogP) is 3.41. The number of pyridine rings is 1. The van der Waals surface area contributed by atoms with Gasteiger partial charge < -0.3 is 26.4 Å². The lowest BCUT2D eigenvalue weighted by Crippen LogP contribution is -2.33. The van der Waals surface area contributed by atoms with E-state index in [4.69, 9.17) is 16.2 Å². The number of amides is 2. The maximum Gasteiger partial charge on any atom is 0.410 e. The molecule has 1 aliphatic rings. The van der Waals surface area contributed by atoms with Crippen LogP contribution in [0.3, 0.4) is 0 Å². The van der Waals surface area contributed by atoms with Gasteiger partial charge in [-0.15, -0.1) is 0 Å². The minimum Gasteiger partial charge on any atom is -0.445 e. The lowest BCUT2D eigenvalue weighted by molar-refractivity contribution is 0.0998. The summed E-state index contributed by atoms with van der Waals surface area (Å²) in [5.74, 6) is -0.417. The van der Waals surface area contributed by atoms with Gasteiger partial charge in [0.15, 0.2) is 0 Å². The summed E-state index contributed by atoms with van der Waals surface area (Å²) in [4.78, 5) is 31.3. The molecular weight excluding hydrogens is 482 g/mol. The molecule has 3 aromatic heterocycles. The molecule has 1 aromatic carbocycles. The fourth-order valence-corrected chi connectivity index (χ4v) is 4.86. The topological polar surface area (TPSA) is 141 Å². The molecule has 2 unspecified atom stereocenters. The highest BCUT2D eigenvalue weighted by Gasteiger charge is 2.36. The van der Waals surface area contributed by atoms with Crippen molar-refractivity contribution in [2.75, 3.05) is 18.4 Å². The first-order chi connectivity index (χ1) is 18.5. The number of aromatic nitrogens is 3. The molecule has 0 spiro atoms. The fourth-order valence-electron chi connectivity index (χ4n) is 4.86. The summed E-state index contributed by atoms with van der Waals surface area (Å²) in [5, 5.41) is 7.94. The Morgan fingerprint density at radius 2 is 1.92 bits per heavy atom. The number of fused-ring (bicyclic) bond motifs is 1. The summed E-state index contributed by atoms with van der Waals surface area (Å²) in [6.07, 6.45) is 5.61. The first-order valence-electron chi connectivity index (χ1n) is 12.7. The fraction of sp³-hybridized carbons (Fsp3) is 0.286. The van der Waals surface area contributed by atoms with E-state index in [0.717, 1.165) is 28.8 Å². The number of nitrogens with one attached hydrogen (secondary N) is 1. The number of ether oxygens (including phenoxy) is 1. The van der Waals surface area contributed by atoms with Crippen molar-refractivity contribution in [1.82, 2.24) is 19.5 Å². The van der Waals surface area contributed by atoms with Crippen molar-refractivity contribution in [3.63, 3.8) is 0 Å². The third-order valence-electron chi connectivity index (χ3n) is 7.03. The Hall–Kier alpha value is -4.44. The maximum atomic E-state index is 12.8. The van der Waals surface area contributed by atoms with Crippen LogP contribution in [0.25, 0.3) is 16.6 Å². The molecule has 1 aliphatic heterocycles. The van der Waals surface area contributed by atoms with E-state index < -0.39 is 5.91 Å². The van der Waals surface area contributed by atoms with Crippen LogP contribution < -0.4 is 16.8 Å². The smallest absolute Gasteiger partial charge is 0.410 e. The molecule has 4 aromatic rings. The number of carbonyl (C=O) groups is 2. The average Bonchev–Trinajstić information content (AvgIpc) is 3.57. The number of nitrogens with zero attached hydrogens (tertiary/aromatic N) is 4. The highest BCUT2D eigenvalue weighted by atomic mass is 16.6. The summed E-state index contributed by atoms with van der Waals surface area (Å²) in [6.45, 7) is 3.67. The van der Waals surface area contributed by atoms with Crippen molar-refractivity contribution >= 4 is 23.2 Å². The van der Waals surface area contributed by atoms with Crippen LogP contribution in [0.5, 0.6) is 0 Å². The Bertz CT molecular complexity index is 1440. The molecule has 5 rings (SSSR count). The van der Waals surface area contributed by atoms with Crippen LogP contribution in [0.2, 0.25) is 0 Å². The van der Waals surface area contributed by atoms with Gasteiger partial charge in [-0.05, 0) is 30.0 Å². The largest absolute Gasteiger partial charge is 0.445 e. The second kappa shape index (κ2) is 10.9. The summed E-state index contributed by atoms with van der Waals surface area (Å²) in [6, 6.07) is 15.3. The maximum absolute atomic E-state index is 12.8. The molecule has 10 heteroatoms. The van der Waals surface area contributed by atoms with Crippen LogP contribution in [0, 0.1) is 5.92 Å². The average molecular weight is 514 g/mol. The van der Waals surface area contributed by atoms with Crippen molar-refractivity contribution in [3.8, 4) is 11.1 Å². The van der Waals surface area contributed by atoms with E-state index in [9.17, 15) is 9.59 Å². The molecule has 196 valence electrons. The van der Waals surface area contributed by atoms with Gasteiger partial charge in [-0.3, -0.25) is 9.78 Å². The van der Waals surface area contributed by atoms with Gasteiger partial charge in [0.1, 0.15) is 6.61 Å². The van der Waals surface area contributed by atoms with E-state index in [1.54, 1.807) is 15.6 Å². The SMILES string of the molecule is CCC1CN(C(=O)OCc2ccccc2)CC1Nc1c(C(N)=O)cnn2cc(-c3ccc(CN)nc3)cc12. The zero-order valence-corrected chi connectivity index (χ0v) is 21.2. The number of hydrogen-bond acceptors (Lipinski definition) is 7. The molecule has 5 N–H and O–H groups in total. The number of benzene rings is 1. The molecule has 2 atom stereocenters. The standard InChI is InChI=1S/C28H31N7O3/c1-2-19-14-34(28(37)38-17-18-6-4-3-5-7-18)16-24(19)33-26-23(27(30)36)13-32-35-15-21(10-25(26)35)20-8-9-22(11-29)31-12-20/h3-10,12-13,15,19,24,33H,2,11,14,16-17,29H2,1H3,(H2,30,36). The molecule has 2 amide bonds. The summed E-state index contributed by atoms with van der Waals surface area (Å²) in [5.41, 5.74) is 16.5. The van der Waals surface area contributed by atoms with Crippen LogP contribution in [0.1, 0.15) is 35.0 Å². The lowest BCUT2D eigenvalue weighted by atomic mass is 10.00. The molecule has 0 bridgehead atoms. The zero-order valence-electron chi connectivity index (χ0n) is 21.2. The highest BCUT2D eigenvalue weighted by Crippen LogP contribution is 2.31. The molecule has 0 saturated carbocycles. The molecule has 0 radical (unpaired) electrons. The Morgan fingerprint density at radius 1 is 1.11 bits per heavy atom. The van der Waals surface area contributed by atoms with E-state index in [1.165, 1.54) is 6.20 Å². The molecule has 1 saturated heterocycles. The third-order valence-corrected chi connectivity index (χ3v) is 7.03. The highest BCUT2D eigenvalue weighted by molar-refractivity contribution is 6.02. The molecule has 0 aliphatic carbocycles. The number of carbonyl (C=O) groups excluding carboxylic acids is 2. The first kappa shape index (κ1) is 25.2. The van der Waals surface area contributed by atoms with Gasteiger partial charge in [0.05, 0.1) is 28.7 Å². The molecule has 38 heavy (non-hydrogen) atoms. The van der Waals surface area contributed by atoms with E-state index >= 15 is 0 Å². The normalized spacial score (nSPS) is 17.1. The van der Waals surface area contributed by atoms with Crippen LogP contribution >= 0.6 is 0 Å². The second-order valence-corrected chi connectivity index (χ2v) is 9.46. The second-order valence-electron chi connectivity index (χ2n) is 9.46. The van der Waals surface area contributed by atoms with Crippen molar-refractivity contribution in [3.05, 3.63) is 83.9 Å². The van der Waals surface area contributed by atoms with Gasteiger partial charge in [-0.2, -0.15) is 5.10 Å². The molecular formula is C28H31N7O3. The predicted molar refractivity (Wildman–Crippen MR) is 144 cm³/mol. The lowest BCUT2D eigenvalue weighted by Gasteiger charge is -2.21. The zero-order chi connectivity index (χ0) is 26.6. The number of likely N-dealkylation sites (tertiary alicyclic amines) is 1. The van der Waals surface area contributed by atoms with Crippen LogP contribution in [-0.2, 0) is 17.9 Å². The minimum absolute atomic E-state index is 0.0996. The number of rotatable bonds is 8. The van der Waals surface area contributed by atoms with Crippen LogP contribution in [0.4, 0.5) is 10.5 Å². The first-order valence-corrected chi connectivity index (χ1v) is 12.7. The van der Waals surface area contributed by atoms with Gasteiger partial charge in [0.25, 0.3) is 5.91 Å². The summed E-state index contributed by atoms with van der Waals surface area (Å²) >= 11 is 0. The van der Waals surface area contributed by atoms with Gasteiger partial charge in [0.2, 0.25) is 0 Å². The number of anilines is 1. The summed E-state index contributed by atoms with van der Waals surface area (Å²) in [7, 11) is 0. The third kappa shape index (κ3) is 5.16. The van der Waals surface area contributed by atoms with Crippen molar-refractivity contribution in [1.29, 1.82) is 0 Å². The quantitative estimate of drug-likeness (QED) is 0.328. The van der Waals surface area contributed by atoms with Crippen LogP contribution in [-0.4, -0.2) is 50.6 Å². The summed E-state index contributed by atoms with van der Waals surface area (Å²) < 4.78 is 7.27. The van der Waals surface area contributed by atoms with Gasteiger partial charge in [-0.1, -0.05) is 43.3 Å². The van der Waals surface area contributed by atoms with E-state index in [2.05, 4.69) is 22.3 Å². The van der Waals surface area contributed by atoms with Crippen molar-refractivity contribution < 1.29 is 14.3 Å². The van der Waals surface area contributed by atoms with Crippen LogP contribution in [0.15, 0.2) is 67.1 Å². The minimum atomic E-state index is -0.579. The molecule has 10 nitrogen and oxygen atoms in total. The number of nitrogens with two attached hydrogens (primary N) is 2. The van der Waals surface area contributed by atoms with Crippen molar-refractivity contribution in [2.24, 2.45) is 17.4 Å². The Kier molecular flexibility index (Phi) is 7.23. The van der Waals surface area contributed by atoms with Gasteiger partial charge in [0, 0.05) is 49.2 Å². The monoisotopic (exact) mass is 513 g/mol. The van der Waals surface area contributed by atoms with Crippen molar-refractivity contribution in [2.45, 2.75) is 32.5 Å².